The summed E-state index contributed by atoms with van der Waals surface area (Å²) < 4.78 is 0. The minimum Gasteiger partial charge on any atom is -0.273 e. The molecular weight excluding hydrogens is 178 g/mol. The summed E-state index contributed by atoms with van der Waals surface area (Å²) in [5.74, 6) is -0.0663. The Labute approximate surface area is 84.0 Å². The Morgan fingerprint density at radius 3 is 2.71 bits per heavy atom. The van der Waals surface area contributed by atoms with Gasteiger partial charge >= 0.3 is 0 Å². The maximum absolute atomic E-state index is 11.0. The van der Waals surface area contributed by atoms with E-state index in [1.807, 2.05) is 37.3 Å². The number of hydroxylamine groups is 1. The predicted octanol–water partition coefficient (Wildman–Crippen LogP) is 2.03. The highest BCUT2D eigenvalue weighted by Gasteiger charge is 1.98. The number of nitrogens with one attached hydrogen (secondary N) is 1. The molecule has 1 aromatic rings. The lowest BCUT2D eigenvalue weighted by atomic mass is 10.2. The Balaban J connectivity index is 2.19. The maximum Gasteiger partial charge on any atom is 0.243 e. The molecule has 0 radical (unpaired) electrons. The average molecular weight is 193 g/mol. The van der Waals surface area contributed by atoms with Gasteiger partial charge in [0.15, 0.2) is 0 Å². The fourth-order valence-electron chi connectivity index (χ4n) is 1.05. The molecule has 0 heterocycles. The third kappa shape index (κ3) is 4.05. The van der Waals surface area contributed by atoms with E-state index in [-0.39, 0.29) is 5.91 Å². The number of carbonyl (C=O) groups is 1. The first kappa shape index (κ1) is 10.7. The summed E-state index contributed by atoms with van der Waals surface area (Å²) >= 11 is 0. The fraction of sp³-hybridized carbons (Fsp3) is 0.364. The quantitative estimate of drug-likeness (QED) is 0.727. The molecule has 1 amide bonds. The first-order valence-corrected chi connectivity index (χ1v) is 4.77. The van der Waals surface area contributed by atoms with Crippen LogP contribution in [0.4, 0.5) is 0 Å². The second-order valence-corrected chi connectivity index (χ2v) is 3.05. The number of benzene rings is 1. The van der Waals surface area contributed by atoms with E-state index in [4.69, 9.17) is 4.84 Å². The van der Waals surface area contributed by atoms with Crippen LogP contribution < -0.4 is 5.48 Å². The Morgan fingerprint density at radius 2 is 2.07 bits per heavy atom. The van der Waals surface area contributed by atoms with Crippen LogP contribution in [0.1, 0.15) is 25.3 Å². The maximum atomic E-state index is 11.0. The number of hydrogen-bond donors (Lipinski definition) is 1. The molecule has 0 spiro atoms. The third-order valence-corrected chi connectivity index (χ3v) is 1.74. The molecule has 0 aliphatic rings. The number of hydrogen-bond acceptors (Lipinski definition) is 2. The van der Waals surface area contributed by atoms with Gasteiger partial charge in [0.05, 0.1) is 6.61 Å². The van der Waals surface area contributed by atoms with E-state index in [0.717, 1.165) is 12.0 Å². The molecule has 76 valence electrons. The van der Waals surface area contributed by atoms with Gasteiger partial charge in [0.2, 0.25) is 5.91 Å². The number of carbonyl (C=O) groups excluding carboxylic acids is 1. The lowest BCUT2D eigenvalue weighted by Crippen LogP contribution is -2.22. The largest absolute Gasteiger partial charge is 0.273 e. The predicted molar refractivity (Wildman–Crippen MR) is 54.3 cm³/mol. The first-order valence-electron chi connectivity index (χ1n) is 4.77. The topological polar surface area (TPSA) is 38.3 Å². The summed E-state index contributed by atoms with van der Waals surface area (Å²) in [6.07, 6.45) is 1.34. The molecule has 3 nitrogen and oxygen atoms in total. The summed E-state index contributed by atoms with van der Waals surface area (Å²) in [7, 11) is 0. The Morgan fingerprint density at radius 1 is 1.36 bits per heavy atom. The molecule has 1 rings (SSSR count). The molecule has 1 N–H and O–H groups in total. The van der Waals surface area contributed by atoms with Crippen LogP contribution in [0.25, 0.3) is 0 Å². The van der Waals surface area contributed by atoms with E-state index in [9.17, 15) is 4.79 Å². The van der Waals surface area contributed by atoms with Crippen molar-refractivity contribution in [3.05, 3.63) is 35.9 Å². The Bertz CT molecular complexity index is 272. The van der Waals surface area contributed by atoms with Gasteiger partial charge in [-0.3, -0.25) is 9.63 Å². The van der Waals surface area contributed by atoms with Crippen molar-refractivity contribution >= 4 is 5.91 Å². The average Bonchev–Trinajstić information content (AvgIpc) is 2.20. The molecule has 0 saturated carbocycles. The standard InChI is InChI=1S/C11H15NO2/c1-2-6-11(13)12-14-9-10-7-4-3-5-8-10/h3-5,7-8H,2,6,9H2,1H3,(H,12,13). The van der Waals surface area contributed by atoms with Gasteiger partial charge in [-0.05, 0) is 12.0 Å². The van der Waals surface area contributed by atoms with Gasteiger partial charge in [0, 0.05) is 6.42 Å². The van der Waals surface area contributed by atoms with E-state index in [1.165, 1.54) is 0 Å². The highest BCUT2D eigenvalue weighted by molar-refractivity contribution is 5.74. The summed E-state index contributed by atoms with van der Waals surface area (Å²) in [5.41, 5.74) is 3.44. The van der Waals surface area contributed by atoms with Crippen LogP contribution in [-0.2, 0) is 16.2 Å². The lowest BCUT2D eigenvalue weighted by molar-refractivity contribution is -0.134. The van der Waals surface area contributed by atoms with Crippen LogP contribution in [0.15, 0.2) is 30.3 Å². The van der Waals surface area contributed by atoms with Crippen molar-refractivity contribution in [3.8, 4) is 0 Å². The van der Waals surface area contributed by atoms with E-state index in [0.29, 0.717) is 13.0 Å². The Kier molecular flexibility index (Phi) is 4.72. The molecule has 0 saturated heterocycles. The van der Waals surface area contributed by atoms with Crippen LogP contribution in [-0.4, -0.2) is 5.91 Å². The molecule has 1 aromatic carbocycles. The van der Waals surface area contributed by atoms with Gasteiger partial charge in [-0.25, -0.2) is 5.48 Å². The summed E-state index contributed by atoms with van der Waals surface area (Å²) in [5, 5.41) is 0. The summed E-state index contributed by atoms with van der Waals surface area (Å²) in [4.78, 5) is 16.0. The third-order valence-electron chi connectivity index (χ3n) is 1.74. The van der Waals surface area contributed by atoms with Crippen LogP contribution in [0.5, 0.6) is 0 Å². The van der Waals surface area contributed by atoms with Crippen molar-refractivity contribution in [2.24, 2.45) is 0 Å². The first-order chi connectivity index (χ1) is 6.83. The highest BCUT2D eigenvalue weighted by Crippen LogP contribution is 1.99. The molecule has 0 aliphatic carbocycles. The second-order valence-electron chi connectivity index (χ2n) is 3.05. The minimum absolute atomic E-state index is 0.0663. The smallest absolute Gasteiger partial charge is 0.243 e. The lowest BCUT2D eigenvalue weighted by Gasteiger charge is -2.04. The van der Waals surface area contributed by atoms with Gasteiger partial charge in [0.1, 0.15) is 0 Å². The van der Waals surface area contributed by atoms with E-state index < -0.39 is 0 Å². The van der Waals surface area contributed by atoms with Crippen LogP contribution in [0.2, 0.25) is 0 Å². The molecule has 14 heavy (non-hydrogen) atoms. The van der Waals surface area contributed by atoms with Crippen molar-refractivity contribution < 1.29 is 9.63 Å². The van der Waals surface area contributed by atoms with E-state index in [1.54, 1.807) is 0 Å². The van der Waals surface area contributed by atoms with Crippen molar-refractivity contribution in [1.82, 2.24) is 5.48 Å². The molecule has 0 aromatic heterocycles. The number of rotatable bonds is 5. The van der Waals surface area contributed by atoms with E-state index >= 15 is 0 Å². The van der Waals surface area contributed by atoms with Crippen LogP contribution in [0.3, 0.4) is 0 Å². The highest BCUT2D eigenvalue weighted by atomic mass is 16.6. The van der Waals surface area contributed by atoms with Gasteiger partial charge in [-0.15, -0.1) is 0 Å². The van der Waals surface area contributed by atoms with Crippen molar-refractivity contribution in [1.29, 1.82) is 0 Å². The van der Waals surface area contributed by atoms with Gasteiger partial charge in [-0.1, -0.05) is 37.3 Å². The molecule has 3 heteroatoms. The molecule has 0 atom stereocenters. The zero-order chi connectivity index (χ0) is 10.2. The SMILES string of the molecule is CCCC(=O)NOCc1ccccc1. The molecule has 0 bridgehead atoms. The normalized spacial score (nSPS) is 9.79. The molecular formula is C11H15NO2. The van der Waals surface area contributed by atoms with Crippen LogP contribution >= 0.6 is 0 Å². The fourth-order valence-corrected chi connectivity index (χ4v) is 1.05. The van der Waals surface area contributed by atoms with Crippen LogP contribution in [0, 0.1) is 0 Å². The van der Waals surface area contributed by atoms with Crippen molar-refractivity contribution in [3.63, 3.8) is 0 Å². The molecule has 0 fully saturated rings. The number of amides is 1. The monoisotopic (exact) mass is 193 g/mol. The summed E-state index contributed by atoms with van der Waals surface area (Å²) in [6.45, 7) is 2.37. The van der Waals surface area contributed by atoms with Crippen molar-refractivity contribution in [2.75, 3.05) is 0 Å². The zero-order valence-corrected chi connectivity index (χ0v) is 8.32. The van der Waals surface area contributed by atoms with Crippen molar-refractivity contribution in [2.45, 2.75) is 26.4 Å². The molecule has 0 aliphatic heterocycles. The summed E-state index contributed by atoms with van der Waals surface area (Å²) in [6, 6.07) is 9.72. The minimum atomic E-state index is -0.0663. The van der Waals surface area contributed by atoms with Gasteiger partial charge in [-0.2, -0.15) is 0 Å². The second kappa shape index (κ2) is 6.16. The van der Waals surface area contributed by atoms with Gasteiger partial charge in [0.25, 0.3) is 0 Å². The zero-order valence-electron chi connectivity index (χ0n) is 8.32. The Hall–Kier alpha value is -1.35. The van der Waals surface area contributed by atoms with E-state index in [2.05, 4.69) is 5.48 Å². The van der Waals surface area contributed by atoms with Gasteiger partial charge < -0.3 is 0 Å². The molecule has 0 unspecified atom stereocenters.